The molecule has 2 heterocycles. The molecule has 2 rings (SSSR count). The number of rotatable bonds is 3. The van der Waals surface area contributed by atoms with Crippen molar-refractivity contribution in [2.45, 2.75) is 32.4 Å². The lowest BCUT2D eigenvalue weighted by Crippen LogP contribution is -2.48. The van der Waals surface area contributed by atoms with E-state index in [9.17, 15) is 4.79 Å². The maximum atomic E-state index is 11.9. The second-order valence-corrected chi connectivity index (χ2v) is 4.88. The molecular formula is C12H20N4O. The van der Waals surface area contributed by atoms with Crippen LogP contribution in [0.25, 0.3) is 0 Å². The van der Waals surface area contributed by atoms with Crippen molar-refractivity contribution in [2.24, 2.45) is 13.0 Å². The Hall–Kier alpha value is -1.36. The number of piperidine rings is 1. The average Bonchev–Trinajstić information content (AvgIpc) is 2.72. The summed E-state index contributed by atoms with van der Waals surface area (Å²) in [6.45, 7) is 3.69. The van der Waals surface area contributed by atoms with Gasteiger partial charge in [-0.25, -0.2) is 0 Å². The monoisotopic (exact) mass is 236 g/mol. The average molecular weight is 236 g/mol. The van der Waals surface area contributed by atoms with Gasteiger partial charge in [-0.15, -0.1) is 0 Å². The van der Waals surface area contributed by atoms with Gasteiger partial charge in [0.1, 0.15) is 0 Å². The Kier molecular flexibility index (Phi) is 3.78. The first-order chi connectivity index (χ1) is 8.15. The molecule has 0 aromatic carbocycles. The molecule has 1 amide bonds. The van der Waals surface area contributed by atoms with E-state index in [4.69, 9.17) is 0 Å². The van der Waals surface area contributed by atoms with Gasteiger partial charge in [-0.1, -0.05) is 6.92 Å². The fourth-order valence-electron chi connectivity index (χ4n) is 2.18. The smallest absolute Gasteiger partial charge is 0.237 e. The third-order valence-electron chi connectivity index (χ3n) is 3.21. The lowest BCUT2D eigenvalue weighted by atomic mass is 9.94. The Labute approximate surface area is 102 Å². The minimum atomic E-state index is -0.0320. The summed E-state index contributed by atoms with van der Waals surface area (Å²) in [5.74, 6) is 0.728. The van der Waals surface area contributed by atoms with Crippen LogP contribution in [0.15, 0.2) is 12.4 Å². The minimum absolute atomic E-state index is 0.0320. The highest BCUT2D eigenvalue weighted by atomic mass is 16.2. The molecule has 1 aromatic rings. The summed E-state index contributed by atoms with van der Waals surface area (Å²) >= 11 is 0. The number of amides is 1. The van der Waals surface area contributed by atoms with Crippen molar-refractivity contribution in [1.82, 2.24) is 20.4 Å². The van der Waals surface area contributed by atoms with Gasteiger partial charge in [0.15, 0.2) is 0 Å². The van der Waals surface area contributed by atoms with E-state index in [-0.39, 0.29) is 11.9 Å². The molecule has 17 heavy (non-hydrogen) atoms. The van der Waals surface area contributed by atoms with Crippen LogP contribution in [0, 0.1) is 5.92 Å². The number of nitrogens with one attached hydrogen (secondary N) is 2. The van der Waals surface area contributed by atoms with E-state index in [1.165, 1.54) is 0 Å². The van der Waals surface area contributed by atoms with Crippen molar-refractivity contribution in [1.29, 1.82) is 0 Å². The Morgan fingerprint density at radius 1 is 1.71 bits per heavy atom. The molecule has 0 saturated carbocycles. The van der Waals surface area contributed by atoms with Crippen LogP contribution in [0.3, 0.4) is 0 Å². The summed E-state index contributed by atoms with van der Waals surface area (Å²) in [5.41, 5.74) is 1.03. The standard InChI is InChI=1S/C12H20N4O/c1-9-3-4-13-11(5-9)12(17)14-6-10-7-15-16(2)8-10/h7-9,11,13H,3-6H2,1-2H3,(H,14,17). The van der Waals surface area contributed by atoms with Crippen LogP contribution in [0.5, 0.6) is 0 Å². The van der Waals surface area contributed by atoms with E-state index in [0.717, 1.165) is 24.9 Å². The zero-order chi connectivity index (χ0) is 12.3. The van der Waals surface area contributed by atoms with Crippen LogP contribution in [0.2, 0.25) is 0 Å². The molecule has 0 bridgehead atoms. The molecular weight excluding hydrogens is 216 g/mol. The SMILES string of the molecule is CC1CCNC(C(=O)NCc2cnn(C)c2)C1. The predicted molar refractivity (Wildman–Crippen MR) is 65.2 cm³/mol. The van der Waals surface area contributed by atoms with E-state index in [1.807, 2.05) is 13.2 Å². The summed E-state index contributed by atoms with van der Waals surface area (Å²) in [4.78, 5) is 11.9. The van der Waals surface area contributed by atoms with Gasteiger partial charge in [0.05, 0.1) is 12.2 Å². The van der Waals surface area contributed by atoms with Gasteiger partial charge in [0.25, 0.3) is 0 Å². The molecule has 2 atom stereocenters. The van der Waals surface area contributed by atoms with Crippen LogP contribution < -0.4 is 10.6 Å². The van der Waals surface area contributed by atoms with Crippen molar-refractivity contribution >= 4 is 5.91 Å². The molecule has 0 aliphatic carbocycles. The molecule has 1 aromatic heterocycles. The highest BCUT2D eigenvalue weighted by molar-refractivity contribution is 5.81. The van der Waals surface area contributed by atoms with Crippen LogP contribution in [0.4, 0.5) is 0 Å². The lowest BCUT2D eigenvalue weighted by Gasteiger charge is -2.27. The van der Waals surface area contributed by atoms with E-state index < -0.39 is 0 Å². The third kappa shape index (κ3) is 3.30. The number of aryl methyl sites for hydroxylation is 1. The van der Waals surface area contributed by atoms with Crippen molar-refractivity contribution in [3.63, 3.8) is 0 Å². The van der Waals surface area contributed by atoms with E-state index in [2.05, 4.69) is 22.7 Å². The van der Waals surface area contributed by atoms with Crippen molar-refractivity contribution in [3.05, 3.63) is 18.0 Å². The lowest BCUT2D eigenvalue weighted by molar-refractivity contribution is -0.124. The molecule has 94 valence electrons. The van der Waals surface area contributed by atoms with Crippen LogP contribution >= 0.6 is 0 Å². The molecule has 0 radical (unpaired) electrons. The van der Waals surface area contributed by atoms with E-state index >= 15 is 0 Å². The van der Waals surface area contributed by atoms with Gasteiger partial charge in [0, 0.05) is 25.4 Å². The minimum Gasteiger partial charge on any atom is -0.351 e. The second kappa shape index (κ2) is 5.31. The number of aromatic nitrogens is 2. The van der Waals surface area contributed by atoms with Gasteiger partial charge >= 0.3 is 0 Å². The second-order valence-electron chi connectivity index (χ2n) is 4.88. The number of carbonyl (C=O) groups excluding carboxylic acids is 1. The molecule has 1 fully saturated rings. The zero-order valence-corrected chi connectivity index (χ0v) is 10.4. The molecule has 0 spiro atoms. The molecule has 2 unspecified atom stereocenters. The fourth-order valence-corrected chi connectivity index (χ4v) is 2.18. The number of hydrogen-bond acceptors (Lipinski definition) is 3. The number of nitrogens with zero attached hydrogens (tertiary/aromatic N) is 2. The molecule has 5 nitrogen and oxygen atoms in total. The number of hydrogen-bond donors (Lipinski definition) is 2. The summed E-state index contributed by atoms with van der Waals surface area (Å²) < 4.78 is 1.74. The Morgan fingerprint density at radius 3 is 3.18 bits per heavy atom. The van der Waals surface area contributed by atoms with Gasteiger partial charge in [-0.2, -0.15) is 5.10 Å². The van der Waals surface area contributed by atoms with E-state index in [1.54, 1.807) is 10.9 Å². The van der Waals surface area contributed by atoms with Crippen molar-refractivity contribution in [2.75, 3.05) is 6.54 Å². The van der Waals surface area contributed by atoms with Gasteiger partial charge < -0.3 is 10.6 Å². The van der Waals surface area contributed by atoms with Crippen LogP contribution in [-0.2, 0) is 18.4 Å². The molecule has 1 saturated heterocycles. The van der Waals surface area contributed by atoms with Gasteiger partial charge in [0.2, 0.25) is 5.91 Å². The first kappa shape index (κ1) is 12.1. The maximum Gasteiger partial charge on any atom is 0.237 e. The van der Waals surface area contributed by atoms with Crippen LogP contribution in [0.1, 0.15) is 25.3 Å². The normalized spacial score (nSPS) is 24.6. The van der Waals surface area contributed by atoms with Gasteiger partial charge in [-0.05, 0) is 25.3 Å². The topological polar surface area (TPSA) is 59.0 Å². The molecule has 5 heteroatoms. The highest BCUT2D eigenvalue weighted by Crippen LogP contribution is 2.15. The molecule has 1 aliphatic rings. The summed E-state index contributed by atoms with van der Waals surface area (Å²) in [6.07, 6.45) is 5.78. The molecule has 1 aliphatic heterocycles. The summed E-state index contributed by atoms with van der Waals surface area (Å²) in [7, 11) is 1.87. The maximum absolute atomic E-state index is 11.9. The van der Waals surface area contributed by atoms with Crippen molar-refractivity contribution in [3.8, 4) is 0 Å². The number of carbonyl (C=O) groups is 1. The zero-order valence-electron chi connectivity index (χ0n) is 10.4. The Balaban J connectivity index is 1.80. The predicted octanol–water partition coefficient (Wildman–Crippen LogP) is 0.424. The summed E-state index contributed by atoms with van der Waals surface area (Å²) in [5, 5.41) is 10.3. The first-order valence-electron chi connectivity index (χ1n) is 6.14. The van der Waals surface area contributed by atoms with Crippen LogP contribution in [-0.4, -0.2) is 28.3 Å². The Morgan fingerprint density at radius 2 is 2.53 bits per heavy atom. The third-order valence-corrected chi connectivity index (χ3v) is 3.21. The van der Waals surface area contributed by atoms with Gasteiger partial charge in [-0.3, -0.25) is 9.48 Å². The fraction of sp³-hybridized carbons (Fsp3) is 0.667. The Bertz CT molecular complexity index is 388. The summed E-state index contributed by atoms with van der Waals surface area (Å²) in [6, 6.07) is -0.0320. The van der Waals surface area contributed by atoms with E-state index in [0.29, 0.717) is 12.5 Å². The largest absolute Gasteiger partial charge is 0.351 e. The quantitative estimate of drug-likeness (QED) is 0.800. The van der Waals surface area contributed by atoms with Crippen molar-refractivity contribution < 1.29 is 4.79 Å². The molecule has 2 N–H and O–H groups in total. The highest BCUT2D eigenvalue weighted by Gasteiger charge is 2.24. The first-order valence-corrected chi connectivity index (χ1v) is 6.14.